The van der Waals surface area contributed by atoms with E-state index >= 15 is 0 Å². The van der Waals surface area contributed by atoms with Crippen LogP contribution in [0.15, 0.2) is 11.8 Å². The molecule has 1 amide bonds. The van der Waals surface area contributed by atoms with E-state index in [-0.39, 0.29) is 11.9 Å². The highest BCUT2D eigenvalue weighted by Gasteiger charge is 2.18. The number of allylic oxidation sites excluding steroid dienone is 1. The topological polar surface area (TPSA) is 46.6 Å². The second-order valence-electron chi connectivity index (χ2n) is 3.21. The molecule has 0 aromatic heterocycles. The van der Waals surface area contributed by atoms with Gasteiger partial charge < -0.3 is 4.74 Å². The number of carbonyl (C=O) groups is 2. The highest BCUT2D eigenvalue weighted by Crippen LogP contribution is 2.15. The smallest absolute Gasteiger partial charge is 0.413 e. The normalized spacial score (nSPS) is 16.1. The summed E-state index contributed by atoms with van der Waals surface area (Å²) >= 11 is 0. The lowest BCUT2D eigenvalue weighted by atomic mass is 10.0. The lowest BCUT2D eigenvalue weighted by molar-refractivity contribution is -0.113. The van der Waals surface area contributed by atoms with Gasteiger partial charge in [-0.25, -0.2) is 4.79 Å². The third kappa shape index (κ3) is 2.58. The molecule has 0 saturated heterocycles. The van der Waals surface area contributed by atoms with E-state index in [0.29, 0.717) is 18.7 Å². The molecule has 1 rings (SSSR count). The van der Waals surface area contributed by atoms with Crippen LogP contribution in [0.1, 0.15) is 26.7 Å². The summed E-state index contributed by atoms with van der Waals surface area (Å²) in [4.78, 5) is 23.9. The fourth-order valence-electron chi connectivity index (χ4n) is 1.37. The molecule has 14 heavy (non-hydrogen) atoms. The highest BCUT2D eigenvalue weighted by atomic mass is 16.6. The van der Waals surface area contributed by atoms with E-state index in [2.05, 4.69) is 0 Å². The van der Waals surface area contributed by atoms with E-state index in [4.69, 9.17) is 4.74 Å². The van der Waals surface area contributed by atoms with Crippen molar-refractivity contribution in [3.05, 3.63) is 11.8 Å². The SMILES string of the molecule is CCOC(=O)N1C=C(C(C)=O)CCC1. The van der Waals surface area contributed by atoms with Crippen molar-refractivity contribution in [1.29, 1.82) is 0 Å². The van der Waals surface area contributed by atoms with Gasteiger partial charge in [-0.2, -0.15) is 0 Å². The number of nitrogens with zero attached hydrogens (tertiary/aromatic N) is 1. The van der Waals surface area contributed by atoms with Crippen LogP contribution in [-0.4, -0.2) is 29.9 Å². The zero-order chi connectivity index (χ0) is 10.6. The van der Waals surface area contributed by atoms with Gasteiger partial charge in [-0.15, -0.1) is 0 Å². The first-order valence-corrected chi connectivity index (χ1v) is 4.80. The zero-order valence-corrected chi connectivity index (χ0v) is 8.58. The fraction of sp³-hybridized carbons (Fsp3) is 0.600. The first kappa shape index (κ1) is 10.8. The standard InChI is InChI=1S/C10H15NO3/c1-3-14-10(13)11-6-4-5-9(7-11)8(2)12/h7H,3-6H2,1-2H3. The molecule has 1 aliphatic rings. The van der Waals surface area contributed by atoms with E-state index in [0.717, 1.165) is 12.8 Å². The number of ether oxygens (including phenoxy) is 1. The number of rotatable bonds is 2. The highest BCUT2D eigenvalue weighted by molar-refractivity contribution is 5.93. The Bertz CT molecular complexity index is 271. The number of Topliss-reactive ketones (excluding diaryl/α,β-unsaturated/α-hetero) is 1. The fourth-order valence-corrected chi connectivity index (χ4v) is 1.37. The van der Waals surface area contributed by atoms with Crippen molar-refractivity contribution in [2.45, 2.75) is 26.7 Å². The summed E-state index contributed by atoms with van der Waals surface area (Å²) < 4.78 is 4.84. The Kier molecular flexibility index (Phi) is 3.68. The van der Waals surface area contributed by atoms with Crippen LogP contribution < -0.4 is 0 Å². The monoisotopic (exact) mass is 197 g/mol. The predicted molar refractivity (Wildman–Crippen MR) is 51.7 cm³/mol. The van der Waals surface area contributed by atoms with Gasteiger partial charge in [0, 0.05) is 18.3 Å². The van der Waals surface area contributed by atoms with Crippen molar-refractivity contribution >= 4 is 11.9 Å². The second kappa shape index (κ2) is 4.79. The Morgan fingerprint density at radius 3 is 2.86 bits per heavy atom. The number of hydrogen-bond acceptors (Lipinski definition) is 3. The van der Waals surface area contributed by atoms with Crippen LogP contribution in [0, 0.1) is 0 Å². The zero-order valence-electron chi connectivity index (χ0n) is 8.58. The van der Waals surface area contributed by atoms with Gasteiger partial charge in [-0.05, 0) is 26.7 Å². The maximum atomic E-state index is 11.3. The van der Waals surface area contributed by atoms with E-state index in [1.165, 1.54) is 11.8 Å². The molecule has 0 aromatic rings. The van der Waals surface area contributed by atoms with Gasteiger partial charge in [0.1, 0.15) is 0 Å². The molecule has 1 aliphatic heterocycles. The summed E-state index contributed by atoms with van der Waals surface area (Å²) in [5, 5.41) is 0. The average molecular weight is 197 g/mol. The first-order chi connectivity index (χ1) is 6.65. The van der Waals surface area contributed by atoms with Gasteiger partial charge in [0.05, 0.1) is 6.61 Å². The van der Waals surface area contributed by atoms with Crippen molar-refractivity contribution in [3.8, 4) is 0 Å². The molecule has 0 radical (unpaired) electrons. The Labute approximate surface area is 83.5 Å². The van der Waals surface area contributed by atoms with Gasteiger partial charge in [0.2, 0.25) is 0 Å². The van der Waals surface area contributed by atoms with Crippen LogP contribution >= 0.6 is 0 Å². The van der Waals surface area contributed by atoms with Crippen molar-refractivity contribution in [2.75, 3.05) is 13.2 Å². The molecule has 0 unspecified atom stereocenters. The van der Waals surface area contributed by atoms with Crippen LogP contribution in [0.2, 0.25) is 0 Å². The Hall–Kier alpha value is -1.32. The molecule has 0 atom stereocenters. The minimum Gasteiger partial charge on any atom is -0.449 e. The third-order valence-corrected chi connectivity index (χ3v) is 2.11. The molecular formula is C10H15NO3. The van der Waals surface area contributed by atoms with Gasteiger partial charge in [0.15, 0.2) is 5.78 Å². The molecule has 0 saturated carbocycles. The Morgan fingerprint density at radius 1 is 1.57 bits per heavy atom. The van der Waals surface area contributed by atoms with Crippen molar-refractivity contribution in [1.82, 2.24) is 4.90 Å². The number of carbonyl (C=O) groups excluding carboxylic acids is 2. The molecular weight excluding hydrogens is 182 g/mol. The van der Waals surface area contributed by atoms with E-state index in [1.54, 1.807) is 13.1 Å². The summed E-state index contributed by atoms with van der Waals surface area (Å²) in [6.45, 7) is 4.27. The molecule has 78 valence electrons. The van der Waals surface area contributed by atoms with Crippen LogP contribution in [-0.2, 0) is 9.53 Å². The van der Waals surface area contributed by atoms with Gasteiger partial charge >= 0.3 is 6.09 Å². The summed E-state index contributed by atoms with van der Waals surface area (Å²) in [6, 6.07) is 0. The lowest BCUT2D eigenvalue weighted by Gasteiger charge is -2.23. The summed E-state index contributed by atoms with van der Waals surface area (Å²) in [7, 11) is 0. The quantitative estimate of drug-likeness (QED) is 0.677. The minimum atomic E-state index is -0.369. The summed E-state index contributed by atoms with van der Waals surface area (Å²) in [5.74, 6) is 0.0269. The minimum absolute atomic E-state index is 0.0269. The van der Waals surface area contributed by atoms with Crippen LogP contribution in [0.25, 0.3) is 0 Å². The maximum Gasteiger partial charge on any atom is 0.413 e. The molecule has 1 heterocycles. The summed E-state index contributed by atoms with van der Waals surface area (Å²) in [5.41, 5.74) is 0.698. The van der Waals surface area contributed by atoms with E-state index in [1.807, 2.05) is 0 Å². The largest absolute Gasteiger partial charge is 0.449 e. The average Bonchev–Trinajstić information content (AvgIpc) is 2.18. The maximum absolute atomic E-state index is 11.3. The molecule has 0 aromatic carbocycles. The number of amides is 1. The van der Waals surface area contributed by atoms with Crippen molar-refractivity contribution in [2.24, 2.45) is 0 Å². The first-order valence-electron chi connectivity index (χ1n) is 4.80. The van der Waals surface area contributed by atoms with Crippen LogP contribution in [0.4, 0.5) is 4.79 Å². The van der Waals surface area contributed by atoms with Gasteiger partial charge in [0.25, 0.3) is 0 Å². The van der Waals surface area contributed by atoms with E-state index in [9.17, 15) is 9.59 Å². The van der Waals surface area contributed by atoms with Crippen LogP contribution in [0.5, 0.6) is 0 Å². The van der Waals surface area contributed by atoms with E-state index < -0.39 is 0 Å². The molecule has 0 fully saturated rings. The summed E-state index contributed by atoms with van der Waals surface area (Å²) in [6.07, 6.45) is 2.81. The van der Waals surface area contributed by atoms with Crippen LogP contribution in [0.3, 0.4) is 0 Å². The van der Waals surface area contributed by atoms with Crippen molar-refractivity contribution < 1.29 is 14.3 Å². The second-order valence-corrected chi connectivity index (χ2v) is 3.21. The lowest BCUT2D eigenvalue weighted by Crippen LogP contribution is -2.31. The Balaban J connectivity index is 2.67. The van der Waals surface area contributed by atoms with Gasteiger partial charge in [-0.3, -0.25) is 9.69 Å². The molecule has 0 N–H and O–H groups in total. The van der Waals surface area contributed by atoms with Gasteiger partial charge in [-0.1, -0.05) is 0 Å². The number of hydrogen-bond donors (Lipinski definition) is 0. The third-order valence-electron chi connectivity index (χ3n) is 2.11. The van der Waals surface area contributed by atoms with Crippen molar-refractivity contribution in [3.63, 3.8) is 0 Å². The molecule has 4 nitrogen and oxygen atoms in total. The number of ketones is 1. The molecule has 4 heteroatoms. The molecule has 0 spiro atoms. The molecule has 0 aliphatic carbocycles. The predicted octanol–water partition coefficient (Wildman–Crippen LogP) is 1.71. The molecule has 0 bridgehead atoms. The Morgan fingerprint density at radius 2 is 2.29 bits per heavy atom.